The Morgan fingerprint density at radius 3 is 3.14 bits per heavy atom. The van der Waals surface area contributed by atoms with Gasteiger partial charge in [0.1, 0.15) is 0 Å². The topological polar surface area (TPSA) is 51.0 Å². The van der Waals surface area contributed by atoms with Crippen LogP contribution in [0.2, 0.25) is 0 Å². The lowest BCUT2D eigenvalue weighted by Crippen LogP contribution is -2.02. The smallest absolute Gasteiger partial charge is 0.321 e. The molecule has 14 heavy (non-hydrogen) atoms. The summed E-state index contributed by atoms with van der Waals surface area (Å²) in [5, 5.41) is 6.82. The van der Waals surface area contributed by atoms with E-state index in [0.29, 0.717) is 11.8 Å². The minimum absolute atomic E-state index is 0.529. The number of hydrogen-bond acceptors (Lipinski definition) is 4. The van der Waals surface area contributed by atoms with Crippen LogP contribution in [0.1, 0.15) is 31.5 Å². The highest BCUT2D eigenvalue weighted by Gasteiger charge is 2.05. The van der Waals surface area contributed by atoms with Crippen LogP contribution in [0.4, 0.5) is 6.01 Å². The summed E-state index contributed by atoms with van der Waals surface area (Å²) in [5.74, 6) is 0.674. The monoisotopic (exact) mass is 193 g/mol. The van der Waals surface area contributed by atoms with Crippen LogP contribution in [0.3, 0.4) is 0 Å². The first kappa shape index (κ1) is 9.24. The van der Waals surface area contributed by atoms with Gasteiger partial charge in [-0.3, -0.25) is 0 Å². The molecule has 4 heteroatoms. The number of nitrogens with one attached hydrogen (secondary N) is 1. The van der Waals surface area contributed by atoms with E-state index in [1.165, 1.54) is 19.3 Å². The molecule has 0 saturated heterocycles. The molecule has 1 aliphatic carbocycles. The van der Waals surface area contributed by atoms with Crippen LogP contribution >= 0.6 is 0 Å². The number of aryl methyl sites for hydroxylation is 1. The van der Waals surface area contributed by atoms with E-state index in [1.54, 1.807) is 5.57 Å². The molecule has 1 N–H and O–H groups in total. The molecule has 0 amide bonds. The molecule has 1 aromatic heterocycles. The Kier molecular flexibility index (Phi) is 2.81. The van der Waals surface area contributed by atoms with Crippen molar-refractivity contribution in [3.8, 4) is 0 Å². The second-order valence-corrected chi connectivity index (χ2v) is 3.58. The molecule has 0 bridgehead atoms. The van der Waals surface area contributed by atoms with Crippen LogP contribution in [0.15, 0.2) is 16.2 Å². The molecule has 0 aliphatic heterocycles. The lowest BCUT2D eigenvalue weighted by atomic mass is 10.2. The van der Waals surface area contributed by atoms with E-state index in [2.05, 4.69) is 21.5 Å². The van der Waals surface area contributed by atoms with Crippen molar-refractivity contribution >= 4 is 6.01 Å². The van der Waals surface area contributed by atoms with Crippen LogP contribution in [0.5, 0.6) is 0 Å². The highest BCUT2D eigenvalue weighted by Crippen LogP contribution is 2.20. The molecule has 0 atom stereocenters. The van der Waals surface area contributed by atoms with Crippen LogP contribution in [-0.4, -0.2) is 16.7 Å². The second-order valence-electron chi connectivity index (χ2n) is 3.58. The lowest BCUT2D eigenvalue weighted by molar-refractivity contribution is 0.425. The van der Waals surface area contributed by atoms with E-state index in [9.17, 15) is 0 Å². The molecular formula is C10H15N3O. The SMILES string of the molecule is Cc1noc(NCCC2=CCCC2)n1. The number of anilines is 1. The van der Waals surface area contributed by atoms with E-state index in [-0.39, 0.29) is 0 Å². The molecule has 0 radical (unpaired) electrons. The van der Waals surface area contributed by atoms with Crippen LogP contribution in [0, 0.1) is 6.92 Å². The van der Waals surface area contributed by atoms with E-state index >= 15 is 0 Å². The van der Waals surface area contributed by atoms with Crippen LogP contribution in [-0.2, 0) is 0 Å². The molecule has 76 valence electrons. The van der Waals surface area contributed by atoms with Crippen molar-refractivity contribution in [2.24, 2.45) is 0 Å². The van der Waals surface area contributed by atoms with Crippen LogP contribution < -0.4 is 5.32 Å². The van der Waals surface area contributed by atoms with Gasteiger partial charge in [-0.15, -0.1) is 0 Å². The normalized spacial score (nSPS) is 15.6. The second kappa shape index (κ2) is 4.26. The predicted octanol–water partition coefficient (Wildman–Crippen LogP) is 2.29. The molecular weight excluding hydrogens is 178 g/mol. The highest BCUT2D eigenvalue weighted by atomic mass is 16.5. The Balaban J connectivity index is 1.72. The Hall–Kier alpha value is -1.32. The fourth-order valence-corrected chi connectivity index (χ4v) is 1.66. The average Bonchev–Trinajstić information content (AvgIpc) is 2.77. The summed E-state index contributed by atoms with van der Waals surface area (Å²) in [6.07, 6.45) is 7.23. The Labute approximate surface area is 83.4 Å². The van der Waals surface area contributed by atoms with E-state index in [0.717, 1.165) is 13.0 Å². The summed E-state index contributed by atoms with van der Waals surface area (Å²) in [7, 11) is 0. The summed E-state index contributed by atoms with van der Waals surface area (Å²) < 4.78 is 4.94. The lowest BCUT2D eigenvalue weighted by Gasteiger charge is -2.01. The maximum atomic E-state index is 4.94. The number of allylic oxidation sites excluding steroid dienone is 1. The maximum absolute atomic E-state index is 4.94. The zero-order valence-electron chi connectivity index (χ0n) is 8.42. The van der Waals surface area contributed by atoms with Gasteiger partial charge in [-0.05, 0) is 32.6 Å². The van der Waals surface area contributed by atoms with Crippen molar-refractivity contribution in [1.82, 2.24) is 10.1 Å². The molecule has 1 aromatic rings. The van der Waals surface area contributed by atoms with Gasteiger partial charge < -0.3 is 9.84 Å². The number of nitrogens with zero attached hydrogens (tertiary/aromatic N) is 2. The zero-order chi connectivity index (χ0) is 9.80. The first-order chi connectivity index (χ1) is 6.84. The quantitative estimate of drug-likeness (QED) is 0.745. The fourth-order valence-electron chi connectivity index (χ4n) is 1.66. The predicted molar refractivity (Wildman–Crippen MR) is 54.1 cm³/mol. The van der Waals surface area contributed by atoms with E-state index in [1.807, 2.05) is 6.92 Å². The number of rotatable bonds is 4. The zero-order valence-corrected chi connectivity index (χ0v) is 8.42. The highest BCUT2D eigenvalue weighted by molar-refractivity contribution is 5.19. The van der Waals surface area contributed by atoms with Gasteiger partial charge in [-0.1, -0.05) is 16.8 Å². The van der Waals surface area contributed by atoms with Gasteiger partial charge in [0.2, 0.25) is 0 Å². The van der Waals surface area contributed by atoms with Gasteiger partial charge >= 0.3 is 6.01 Å². The van der Waals surface area contributed by atoms with Gasteiger partial charge in [-0.25, -0.2) is 0 Å². The van der Waals surface area contributed by atoms with Crippen molar-refractivity contribution in [2.45, 2.75) is 32.6 Å². The minimum Gasteiger partial charge on any atom is -0.337 e. The summed E-state index contributed by atoms with van der Waals surface area (Å²) in [6.45, 7) is 2.70. The van der Waals surface area contributed by atoms with Gasteiger partial charge in [-0.2, -0.15) is 4.98 Å². The van der Waals surface area contributed by atoms with E-state index in [4.69, 9.17) is 4.52 Å². The third kappa shape index (κ3) is 2.34. The Bertz CT molecular complexity index is 330. The van der Waals surface area contributed by atoms with Crippen molar-refractivity contribution in [3.63, 3.8) is 0 Å². The van der Waals surface area contributed by atoms with Crippen molar-refractivity contribution in [3.05, 3.63) is 17.5 Å². The summed E-state index contributed by atoms with van der Waals surface area (Å²) in [4.78, 5) is 4.07. The molecule has 1 heterocycles. The standard InChI is InChI=1S/C10H15N3O/c1-8-12-10(14-13-8)11-7-6-9-4-2-3-5-9/h4H,2-3,5-7H2,1H3,(H,11,12,13). The molecule has 2 rings (SSSR count). The Morgan fingerprint density at radius 1 is 1.57 bits per heavy atom. The summed E-state index contributed by atoms with van der Waals surface area (Å²) in [6, 6.07) is 0.529. The summed E-state index contributed by atoms with van der Waals surface area (Å²) in [5.41, 5.74) is 1.55. The third-order valence-corrected chi connectivity index (χ3v) is 2.38. The van der Waals surface area contributed by atoms with Crippen LogP contribution in [0.25, 0.3) is 0 Å². The van der Waals surface area contributed by atoms with Gasteiger partial charge in [0.15, 0.2) is 5.82 Å². The molecule has 4 nitrogen and oxygen atoms in total. The molecule has 0 unspecified atom stereocenters. The average molecular weight is 193 g/mol. The van der Waals surface area contributed by atoms with Crippen molar-refractivity contribution in [2.75, 3.05) is 11.9 Å². The molecule has 1 aliphatic rings. The van der Waals surface area contributed by atoms with Gasteiger partial charge in [0.05, 0.1) is 0 Å². The van der Waals surface area contributed by atoms with E-state index < -0.39 is 0 Å². The van der Waals surface area contributed by atoms with Crippen molar-refractivity contribution in [1.29, 1.82) is 0 Å². The molecule has 0 fully saturated rings. The number of hydrogen-bond donors (Lipinski definition) is 1. The first-order valence-electron chi connectivity index (χ1n) is 5.07. The maximum Gasteiger partial charge on any atom is 0.321 e. The Morgan fingerprint density at radius 2 is 2.50 bits per heavy atom. The van der Waals surface area contributed by atoms with Gasteiger partial charge in [0, 0.05) is 6.54 Å². The summed E-state index contributed by atoms with van der Waals surface area (Å²) >= 11 is 0. The number of aromatic nitrogens is 2. The molecule has 0 saturated carbocycles. The first-order valence-corrected chi connectivity index (χ1v) is 5.07. The molecule has 0 aromatic carbocycles. The van der Waals surface area contributed by atoms with Crippen molar-refractivity contribution < 1.29 is 4.52 Å². The minimum atomic E-state index is 0.529. The largest absolute Gasteiger partial charge is 0.337 e. The fraction of sp³-hybridized carbons (Fsp3) is 0.600. The molecule has 0 spiro atoms. The third-order valence-electron chi connectivity index (χ3n) is 2.38. The van der Waals surface area contributed by atoms with Gasteiger partial charge in [0.25, 0.3) is 0 Å².